The molecule has 0 fully saturated rings. The highest BCUT2D eigenvalue weighted by molar-refractivity contribution is 7.15. The van der Waals surface area contributed by atoms with Crippen LogP contribution in [0.25, 0.3) is 21.3 Å². The topological polar surface area (TPSA) is 28.7 Å². The standard InChI is InChI=1S/C16H18N2S/c1-2-3-4-9-16-18-11-15(19-16)13-10-17-14-8-6-5-7-12(13)14/h5-8,10-11,17H,2-4,9H2,1H3. The number of benzene rings is 1. The van der Waals surface area contributed by atoms with Crippen LogP contribution >= 0.6 is 11.3 Å². The zero-order chi connectivity index (χ0) is 13.1. The highest BCUT2D eigenvalue weighted by atomic mass is 32.1. The normalized spacial score (nSPS) is 11.2. The van der Waals surface area contributed by atoms with Crippen LogP contribution in [0.5, 0.6) is 0 Å². The zero-order valence-corrected chi connectivity index (χ0v) is 12.0. The van der Waals surface area contributed by atoms with E-state index in [-0.39, 0.29) is 0 Å². The highest BCUT2D eigenvalue weighted by Gasteiger charge is 2.09. The molecule has 0 aliphatic carbocycles. The maximum atomic E-state index is 4.56. The Morgan fingerprint density at radius 2 is 2.11 bits per heavy atom. The first kappa shape index (κ1) is 12.4. The van der Waals surface area contributed by atoms with Crippen LogP contribution < -0.4 is 0 Å². The lowest BCUT2D eigenvalue weighted by Gasteiger charge is -1.95. The average Bonchev–Trinajstić information content (AvgIpc) is 3.05. The van der Waals surface area contributed by atoms with Crippen LogP contribution in [0.4, 0.5) is 0 Å². The number of rotatable bonds is 5. The van der Waals surface area contributed by atoms with Crippen molar-refractivity contribution in [2.45, 2.75) is 32.6 Å². The van der Waals surface area contributed by atoms with E-state index in [2.05, 4.69) is 47.4 Å². The molecule has 3 rings (SSSR count). The van der Waals surface area contributed by atoms with Crippen molar-refractivity contribution in [3.63, 3.8) is 0 Å². The molecule has 3 aromatic rings. The number of hydrogen-bond acceptors (Lipinski definition) is 2. The SMILES string of the molecule is CCCCCc1ncc(-c2c[nH]c3ccccc23)s1. The summed E-state index contributed by atoms with van der Waals surface area (Å²) in [5, 5.41) is 2.54. The zero-order valence-electron chi connectivity index (χ0n) is 11.1. The van der Waals surface area contributed by atoms with Crippen molar-refractivity contribution in [1.82, 2.24) is 9.97 Å². The molecule has 0 aliphatic rings. The first-order chi connectivity index (χ1) is 9.38. The first-order valence-corrected chi connectivity index (χ1v) is 7.71. The van der Waals surface area contributed by atoms with Gasteiger partial charge in [0.05, 0.1) is 9.88 Å². The minimum atomic E-state index is 1.11. The average molecular weight is 270 g/mol. The molecule has 2 aromatic heterocycles. The number of H-pyrrole nitrogens is 1. The van der Waals surface area contributed by atoms with E-state index in [1.807, 2.05) is 17.5 Å². The van der Waals surface area contributed by atoms with E-state index in [9.17, 15) is 0 Å². The molecule has 0 saturated heterocycles. The molecule has 0 aliphatic heterocycles. The molecular weight excluding hydrogens is 252 g/mol. The lowest BCUT2D eigenvalue weighted by Crippen LogP contribution is -1.81. The van der Waals surface area contributed by atoms with Crippen molar-refractivity contribution >= 4 is 22.2 Å². The van der Waals surface area contributed by atoms with Gasteiger partial charge >= 0.3 is 0 Å². The van der Waals surface area contributed by atoms with E-state index in [1.54, 1.807) is 0 Å². The Balaban J connectivity index is 1.86. The molecule has 1 aromatic carbocycles. The van der Waals surface area contributed by atoms with Gasteiger partial charge in [-0.15, -0.1) is 11.3 Å². The molecule has 3 heteroatoms. The molecule has 0 radical (unpaired) electrons. The van der Waals surface area contributed by atoms with Crippen molar-refractivity contribution in [3.05, 3.63) is 41.7 Å². The predicted octanol–water partition coefficient (Wildman–Crippen LogP) is 5.02. The number of nitrogens with one attached hydrogen (secondary N) is 1. The van der Waals surface area contributed by atoms with E-state index in [0.717, 1.165) is 6.42 Å². The van der Waals surface area contributed by atoms with Gasteiger partial charge in [-0.05, 0) is 18.9 Å². The summed E-state index contributed by atoms with van der Waals surface area (Å²) in [5.41, 5.74) is 2.47. The largest absolute Gasteiger partial charge is 0.361 e. The highest BCUT2D eigenvalue weighted by Crippen LogP contribution is 2.32. The number of aromatic amines is 1. The van der Waals surface area contributed by atoms with Gasteiger partial charge < -0.3 is 4.98 Å². The van der Waals surface area contributed by atoms with Gasteiger partial charge in [0.2, 0.25) is 0 Å². The third-order valence-electron chi connectivity index (χ3n) is 3.40. The Kier molecular flexibility index (Phi) is 3.65. The van der Waals surface area contributed by atoms with Crippen LogP contribution in [0.3, 0.4) is 0 Å². The van der Waals surface area contributed by atoms with Gasteiger partial charge in [-0.3, -0.25) is 0 Å². The quantitative estimate of drug-likeness (QED) is 0.648. The summed E-state index contributed by atoms with van der Waals surface area (Å²) in [6.45, 7) is 2.24. The summed E-state index contributed by atoms with van der Waals surface area (Å²) in [4.78, 5) is 9.15. The molecule has 98 valence electrons. The molecular formula is C16H18N2S. The number of para-hydroxylation sites is 1. The molecule has 0 bridgehead atoms. The molecule has 19 heavy (non-hydrogen) atoms. The summed E-state index contributed by atoms with van der Waals surface area (Å²) in [7, 11) is 0. The van der Waals surface area contributed by atoms with Gasteiger partial charge in [-0.1, -0.05) is 38.0 Å². The predicted molar refractivity (Wildman–Crippen MR) is 82.6 cm³/mol. The van der Waals surface area contributed by atoms with Crippen molar-refractivity contribution in [1.29, 1.82) is 0 Å². The molecule has 1 N–H and O–H groups in total. The number of aryl methyl sites for hydroxylation is 1. The summed E-state index contributed by atoms with van der Waals surface area (Å²) in [6, 6.07) is 8.42. The Bertz CT molecular complexity index is 666. The van der Waals surface area contributed by atoms with Crippen LogP contribution in [-0.4, -0.2) is 9.97 Å². The Labute approximate surface area is 117 Å². The Morgan fingerprint density at radius 1 is 1.21 bits per heavy atom. The lowest BCUT2D eigenvalue weighted by molar-refractivity contribution is 0.715. The fourth-order valence-electron chi connectivity index (χ4n) is 2.35. The minimum Gasteiger partial charge on any atom is -0.361 e. The van der Waals surface area contributed by atoms with Gasteiger partial charge in [0.1, 0.15) is 0 Å². The number of unbranched alkanes of at least 4 members (excludes halogenated alkanes) is 2. The van der Waals surface area contributed by atoms with Crippen molar-refractivity contribution in [3.8, 4) is 10.4 Å². The van der Waals surface area contributed by atoms with Crippen LogP contribution in [0, 0.1) is 0 Å². The second-order valence-corrected chi connectivity index (χ2v) is 5.94. The van der Waals surface area contributed by atoms with Gasteiger partial charge in [0, 0.05) is 28.9 Å². The first-order valence-electron chi connectivity index (χ1n) is 6.89. The third-order valence-corrected chi connectivity index (χ3v) is 4.49. The number of aromatic nitrogens is 2. The van der Waals surface area contributed by atoms with Crippen LogP contribution in [0.15, 0.2) is 36.7 Å². The maximum absolute atomic E-state index is 4.56. The molecule has 0 spiro atoms. The second kappa shape index (κ2) is 5.57. The fourth-order valence-corrected chi connectivity index (χ4v) is 3.34. The Hall–Kier alpha value is -1.61. The van der Waals surface area contributed by atoms with E-state index >= 15 is 0 Å². The smallest absolute Gasteiger partial charge is 0.0931 e. The number of fused-ring (bicyclic) bond motifs is 1. The van der Waals surface area contributed by atoms with Crippen molar-refractivity contribution in [2.24, 2.45) is 0 Å². The number of nitrogens with zero attached hydrogens (tertiary/aromatic N) is 1. The van der Waals surface area contributed by atoms with E-state index in [0.29, 0.717) is 0 Å². The summed E-state index contributed by atoms with van der Waals surface area (Å²) in [5.74, 6) is 0. The van der Waals surface area contributed by atoms with E-state index < -0.39 is 0 Å². The van der Waals surface area contributed by atoms with E-state index in [4.69, 9.17) is 0 Å². The molecule has 0 amide bonds. The van der Waals surface area contributed by atoms with Gasteiger partial charge in [-0.25, -0.2) is 4.98 Å². The molecule has 0 saturated carbocycles. The summed E-state index contributed by atoms with van der Waals surface area (Å²) in [6.07, 6.45) is 9.02. The molecule has 0 atom stereocenters. The monoisotopic (exact) mass is 270 g/mol. The van der Waals surface area contributed by atoms with E-state index in [1.165, 1.54) is 45.6 Å². The Morgan fingerprint density at radius 3 is 3.00 bits per heavy atom. The maximum Gasteiger partial charge on any atom is 0.0931 e. The summed E-state index contributed by atoms with van der Waals surface area (Å²) >= 11 is 1.82. The minimum absolute atomic E-state index is 1.11. The molecule has 2 nitrogen and oxygen atoms in total. The van der Waals surface area contributed by atoms with Crippen LogP contribution in [0.2, 0.25) is 0 Å². The van der Waals surface area contributed by atoms with Crippen molar-refractivity contribution in [2.75, 3.05) is 0 Å². The molecule has 2 heterocycles. The van der Waals surface area contributed by atoms with Gasteiger partial charge in [0.15, 0.2) is 0 Å². The second-order valence-electron chi connectivity index (χ2n) is 4.82. The number of thiazole rings is 1. The summed E-state index contributed by atoms with van der Waals surface area (Å²) < 4.78 is 0. The lowest BCUT2D eigenvalue weighted by atomic mass is 10.1. The van der Waals surface area contributed by atoms with Crippen LogP contribution in [0.1, 0.15) is 31.2 Å². The van der Waals surface area contributed by atoms with Gasteiger partial charge in [-0.2, -0.15) is 0 Å². The van der Waals surface area contributed by atoms with Crippen LogP contribution in [-0.2, 0) is 6.42 Å². The molecule has 0 unspecified atom stereocenters. The fraction of sp³-hybridized carbons (Fsp3) is 0.312. The van der Waals surface area contributed by atoms with Crippen molar-refractivity contribution < 1.29 is 0 Å². The third kappa shape index (κ3) is 2.56. The van der Waals surface area contributed by atoms with Gasteiger partial charge in [0.25, 0.3) is 0 Å². The number of hydrogen-bond donors (Lipinski definition) is 1.